The van der Waals surface area contributed by atoms with Gasteiger partial charge in [0.1, 0.15) is 12.6 Å². The molecule has 1 atom stereocenters. The second kappa shape index (κ2) is 15.2. The van der Waals surface area contributed by atoms with E-state index in [4.69, 9.17) is 23.2 Å². The Labute approximate surface area is 269 Å². The first kappa shape index (κ1) is 33.1. The van der Waals surface area contributed by atoms with Gasteiger partial charge in [0.2, 0.25) is 11.8 Å². The Hall–Kier alpha value is -3.85. The number of rotatable bonds is 13. The standard InChI is InChI=1S/C34H35Cl2N3O4S/c1-25(2)22-37-34(41)32(21-26-11-5-3-6-12-26)38(23-27-13-9-10-16-31(27)36)33(40)24-39(29-14-7-4-8-15-29)44(42,43)30-19-17-28(35)18-20-30/h3-20,25,32H,21-24H2,1-2H3,(H,37,41)/t32-/m1/s1. The first-order valence-corrected chi connectivity index (χ1v) is 16.4. The highest BCUT2D eigenvalue weighted by Gasteiger charge is 2.34. The third kappa shape index (κ3) is 8.62. The summed E-state index contributed by atoms with van der Waals surface area (Å²) in [6, 6.07) is 29.7. The van der Waals surface area contributed by atoms with E-state index in [1.54, 1.807) is 54.6 Å². The summed E-state index contributed by atoms with van der Waals surface area (Å²) in [7, 11) is -4.21. The van der Waals surface area contributed by atoms with Crippen LogP contribution < -0.4 is 9.62 Å². The van der Waals surface area contributed by atoms with Crippen LogP contribution in [0.3, 0.4) is 0 Å². The zero-order chi connectivity index (χ0) is 31.7. The van der Waals surface area contributed by atoms with Crippen molar-refractivity contribution in [3.8, 4) is 0 Å². The van der Waals surface area contributed by atoms with Gasteiger partial charge in [-0.15, -0.1) is 0 Å². The molecule has 1 N–H and O–H groups in total. The Morgan fingerprint density at radius 3 is 2.00 bits per heavy atom. The van der Waals surface area contributed by atoms with E-state index in [1.165, 1.54) is 29.2 Å². The Morgan fingerprint density at radius 1 is 0.795 bits per heavy atom. The molecule has 0 aromatic heterocycles. The molecule has 0 radical (unpaired) electrons. The lowest BCUT2D eigenvalue weighted by atomic mass is 10.0. The largest absolute Gasteiger partial charge is 0.354 e. The summed E-state index contributed by atoms with van der Waals surface area (Å²) in [5.74, 6) is -0.719. The molecular weight excluding hydrogens is 617 g/mol. The quantitative estimate of drug-likeness (QED) is 0.176. The second-order valence-electron chi connectivity index (χ2n) is 10.8. The first-order valence-electron chi connectivity index (χ1n) is 14.2. The Morgan fingerprint density at radius 2 is 1.39 bits per heavy atom. The van der Waals surface area contributed by atoms with Crippen LogP contribution in [-0.2, 0) is 32.6 Å². The number of nitrogens with one attached hydrogen (secondary N) is 1. The number of sulfonamides is 1. The van der Waals surface area contributed by atoms with Crippen LogP contribution >= 0.6 is 23.2 Å². The van der Waals surface area contributed by atoms with Gasteiger partial charge in [0.05, 0.1) is 10.6 Å². The maximum atomic E-state index is 14.4. The minimum absolute atomic E-state index is 0.00523. The van der Waals surface area contributed by atoms with Crippen molar-refractivity contribution in [2.24, 2.45) is 5.92 Å². The molecule has 0 aliphatic rings. The van der Waals surface area contributed by atoms with Crippen molar-refractivity contribution in [2.75, 3.05) is 17.4 Å². The molecule has 44 heavy (non-hydrogen) atoms. The van der Waals surface area contributed by atoms with E-state index in [2.05, 4.69) is 5.32 Å². The number of benzene rings is 4. The summed E-state index contributed by atoms with van der Waals surface area (Å²) < 4.78 is 29.1. The number of amides is 2. The molecule has 0 saturated heterocycles. The number of hydrogen-bond donors (Lipinski definition) is 1. The zero-order valence-electron chi connectivity index (χ0n) is 24.6. The van der Waals surface area contributed by atoms with Gasteiger partial charge in [-0.05, 0) is 59.5 Å². The predicted octanol–water partition coefficient (Wildman–Crippen LogP) is 6.60. The van der Waals surface area contributed by atoms with E-state index in [9.17, 15) is 18.0 Å². The van der Waals surface area contributed by atoms with Crippen molar-refractivity contribution >= 4 is 50.7 Å². The molecule has 4 aromatic rings. The lowest BCUT2D eigenvalue weighted by Crippen LogP contribution is -2.53. The van der Waals surface area contributed by atoms with E-state index in [1.807, 2.05) is 44.2 Å². The molecular formula is C34H35Cl2N3O4S. The van der Waals surface area contributed by atoms with Crippen molar-refractivity contribution in [2.45, 2.75) is 37.8 Å². The molecule has 7 nitrogen and oxygen atoms in total. The monoisotopic (exact) mass is 651 g/mol. The van der Waals surface area contributed by atoms with Gasteiger partial charge in [-0.1, -0.05) is 104 Å². The molecule has 0 spiro atoms. The Kier molecular flexibility index (Phi) is 11.4. The van der Waals surface area contributed by atoms with E-state index < -0.39 is 28.5 Å². The zero-order valence-corrected chi connectivity index (χ0v) is 26.9. The molecule has 230 valence electrons. The van der Waals surface area contributed by atoms with E-state index in [0.717, 1.165) is 9.87 Å². The van der Waals surface area contributed by atoms with Gasteiger partial charge >= 0.3 is 0 Å². The fraction of sp³-hybridized carbons (Fsp3) is 0.235. The topological polar surface area (TPSA) is 86.8 Å². The molecule has 0 bridgehead atoms. The lowest BCUT2D eigenvalue weighted by molar-refractivity contribution is -0.140. The summed E-state index contributed by atoms with van der Waals surface area (Å²) >= 11 is 12.6. The smallest absolute Gasteiger partial charge is 0.264 e. The number of hydrogen-bond acceptors (Lipinski definition) is 4. The molecule has 0 saturated carbocycles. The molecule has 4 aromatic carbocycles. The molecule has 0 heterocycles. The van der Waals surface area contributed by atoms with Crippen LogP contribution in [0, 0.1) is 5.92 Å². The fourth-order valence-corrected chi connectivity index (χ4v) is 6.38. The third-order valence-corrected chi connectivity index (χ3v) is 9.39. The van der Waals surface area contributed by atoms with Gasteiger partial charge in [-0.25, -0.2) is 8.42 Å². The van der Waals surface area contributed by atoms with Gasteiger partial charge in [0.25, 0.3) is 10.0 Å². The van der Waals surface area contributed by atoms with Crippen LogP contribution in [-0.4, -0.2) is 44.3 Å². The molecule has 0 unspecified atom stereocenters. The molecule has 0 fully saturated rings. The van der Waals surface area contributed by atoms with E-state index in [0.29, 0.717) is 27.8 Å². The molecule has 2 amide bonds. The number of nitrogens with zero attached hydrogens (tertiary/aromatic N) is 2. The van der Waals surface area contributed by atoms with Crippen molar-refractivity contribution < 1.29 is 18.0 Å². The molecule has 10 heteroatoms. The van der Waals surface area contributed by atoms with E-state index >= 15 is 0 Å². The average molecular weight is 653 g/mol. The van der Waals surface area contributed by atoms with Crippen LogP contribution in [0.5, 0.6) is 0 Å². The highest BCUT2D eigenvalue weighted by atomic mass is 35.5. The number of halogens is 2. The number of carbonyl (C=O) groups is 2. The third-order valence-electron chi connectivity index (χ3n) is 6.98. The fourth-order valence-electron chi connectivity index (χ4n) is 4.64. The van der Waals surface area contributed by atoms with Gasteiger partial charge in [-0.3, -0.25) is 13.9 Å². The minimum atomic E-state index is -4.21. The summed E-state index contributed by atoms with van der Waals surface area (Å²) in [6.07, 6.45) is 0.218. The summed E-state index contributed by atoms with van der Waals surface area (Å²) in [6.45, 7) is 3.83. The Bertz CT molecular complexity index is 1650. The van der Waals surface area contributed by atoms with Crippen molar-refractivity contribution in [1.29, 1.82) is 0 Å². The minimum Gasteiger partial charge on any atom is -0.354 e. The van der Waals surface area contributed by atoms with Crippen molar-refractivity contribution in [3.63, 3.8) is 0 Å². The number of anilines is 1. The maximum absolute atomic E-state index is 14.4. The highest BCUT2D eigenvalue weighted by molar-refractivity contribution is 7.92. The van der Waals surface area contributed by atoms with E-state index in [-0.39, 0.29) is 29.7 Å². The highest BCUT2D eigenvalue weighted by Crippen LogP contribution is 2.26. The van der Waals surface area contributed by atoms with Gasteiger partial charge in [-0.2, -0.15) is 0 Å². The van der Waals surface area contributed by atoms with Crippen LogP contribution in [0.4, 0.5) is 5.69 Å². The summed E-state index contributed by atoms with van der Waals surface area (Å²) in [5.41, 5.74) is 1.78. The number of para-hydroxylation sites is 1. The van der Waals surface area contributed by atoms with Crippen molar-refractivity contribution in [3.05, 3.63) is 130 Å². The van der Waals surface area contributed by atoms with Crippen LogP contribution in [0.2, 0.25) is 10.0 Å². The Balaban J connectivity index is 1.79. The van der Waals surface area contributed by atoms with Crippen molar-refractivity contribution in [1.82, 2.24) is 10.2 Å². The van der Waals surface area contributed by atoms with Crippen LogP contribution in [0.25, 0.3) is 0 Å². The molecule has 4 rings (SSSR count). The van der Waals surface area contributed by atoms with Crippen LogP contribution in [0.1, 0.15) is 25.0 Å². The molecule has 0 aliphatic carbocycles. The average Bonchev–Trinajstić information content (AvgIpc) is 3.02. The second-order valence-corrected chi connectivity index (χ2v) is 13.5. The predicted molar refractivity (Wildman–Crippen MR) is 176 cm³/mol. The normalized spacial score (nSPS) is 12.0. The van der Waals surface area contributed by atoms with Gasteiger partial charge < -0.3 is 10.2 Å². The summed E-state index contributed by atoms with van der Waals surface area (Å²) in [5, 5.41) is 3.79. The van der Waals surface area contributed by atoms with Gasteiger partial charge in [0.15, 0.2) is 0 Å². The lowest BCUT2D eigenvalue weighted by Gasteiger charge is -2.34. The maximum Gasteiger partial charge on any atom is 0.264 e. The first-order chi connectivity index (χ1) is 21.1. The van der Waals surface area contributed by atoms with Gasteiger partial charge in [0, 0.05) is 29.6 Å². The summed E-state index contributed by atoms with van der Waals surface area (Å²) in [4.78, 5) is 29.6. The molecule has 0 aliphatic heterocycles. The SMILES string of the molecule is CC(C)CNC(=O)[C@@H](Cc1ccccc1)N(Cc1ccccc1Cl)C(=O)CN(c1ccccc1)S(=O)(=O)c1ccc(Cl)cc1. The number of carbonyl (C=O) groups excluding carboxylic acids is 2. The van der Waals surface area contributed by atoms with Crippen LogP contribution in [0.15, 0.2) is 114 Å².